The largest absolute Gasteiger partial charge is 0.508 e. The summed E-state index contributed by atoms with van der Waals surface area (Å²) in [5.74, 6) is 0.743. The topological polar surface area (TPSA) is 100 Å². The first-order valence-corrected chi connectivity index (χ1v) is 13.3. The Balaban J connectivity index is 1.59. The van der Waals surface area contributed by atoms with E-state index in [4.69, 9.17) is 27.9 Å². The van der Waals surface area contributed by atoms with Crippen molar-refractivity contribution < 1.29 is 19.4 Å². The van der Waals surface area contributed by atoms with E-state index in [1.807, 2.05) is 26.8 Å². The zero-order valence-electron chi connectivity index (χ0n) is 20.8. The predicted molar refractivity (Wildman–Crippen MR) is 155 cm³/mol. The van der Waals surface area contributed by atoms with Crippen LogP contribution in [0.15, 0.2) is 64.5 Å². The standard InChI is InChI=1S/C28H25Cl2N3O4S/c1-15(2)21-13-22(16(3)10-23(21)34)32-27-25(38-28(36)33-27)12-17-11-19(30)6-9-24(17)37-14-26(35)31-20-7-4-18(29)5-8-20/h4-13,15,34H,14H2,1-3H3,(H,31,35)(H,32,33,36). The molecule has 1 saturated heterocycles. The first kappa shape index (κ1) is 27.6. The van der Waals surface area contributed by atoms with E-state index < -0.39 is 0 Å². The molecule has 3 N–H and O–H groups in total. The van der Waals surface area contributed by atoms with Gasteiger partial charge in [0.25, 0.3) is 11.1 Å². The molecule has 1 aliphatic heterocycles. The molecule has 7 nitrogen and oxygen atoms in total. The molecule has 1 aliphatic rings. The van der Waals surface area contributed by atoms with Crippen molar-refractivity contribution in [2.24, 2.45) is 4.99 Å². The number of ether oxygens (including phenoxy) is 1. The number of aryl methyl sites for hydroxylation is 1. The van der Waals surface area contributed by atoms with Gasteiger partial charge in [-0.1, -0.05) is 37.0 Å². The summed E-state index contributed by atoms with van der Waals surface area (Å²) in [6, 6.07) is 15.2. The van der Waals surface area contributed by atoms with Crippen LogP contribution in [0.2, 0.25) is 10.0 Å². The summed E-state index contributed by atoms with van der Waals surface area (Å²) in [6.07, 6.45) is 1.73. The van der Waals surface area contributed by atoms with Gasteiger partial charge in [0.1, 0.15) is 17.3 Å². The number of thioether (sulfide) groups is 1. The molecule has 38 heavy (non-hydrogen) atoms. The van der Waals surface area contributed by atoms with Gasteiger partial charge < -0.3 is 20.5 Å². The fourth-order valence-electron chi connectivity index (χ4n) is 3.69. The van der Waals surface area contributed by atoms with Crippen molar-refractivity contribution in [1.29, 1.82) is 0 Å². The van der Waals surface area contributed by atoms with E-state index in [9.17, 15) is 14.7 Å². The minimum absolute atomic E-state index is 0.0974. The third-order valence-electron chi connectivity index (χ3n) is 5.60. The highest BCUT2D eigenvalue weighted by molar-refractivity contribution is 8.18. The number of benzene rings is 3. The average Bonchev–Trinajstić information content (AvgIpc) is 3.19. The Morgan fingerprint density at radius 2 is 1.84 bits per heavy atom. The van der Waals surface area contributed by atoms with Crippen LogP contribution in [0.25, 0.3) is 6.08 Å². The molecule has 0 bridgehead atoms. The van der Waals surface area contributed by atoms with Crippen molar-refractivity contribution in [2.45, 2.75) is 26.7 Å². The van der Waals surface area contributed by atoms with Gasteiger partial charge in [-0.05, 0) is 96.4 Å². The quantitative estimate of drug-likeness (QED) is 0.271. The Morgan fingerprint density at radius 3 is 2.55 bits per heavy atom. The van der Waals surface area contributed by atoms with Gasteiger partial charge in [-0.15, -0.1) is 0 Å². The number of phenolic OH excluding ortho intramolecular Hbond substituents is 1. The summed E-state index contributed by atoms with van der Waals surface area (Å²) in [5, 5.41) is 16.6. The zero-order valence-corrected chi connectivity index (χ0v) is 23.2. The van der Waals surface area contributed by atoms with Crippen LogP contribution in [0.1, 0.15) is 36.5 Å². The highest BCUT2D eigenvalue weighted by Gasteiger charge is 2.25. The number of rotatable bonds is 7. The fraction of sp³-hybridized carbons (Fsp3) is 0.179. The minimum Gasteiger partial charge on any atom is -0.508 e. The molecule has 0 unspecified atom stereocenters. The lowest BCUT2D eigenvalue weighted by Gasteiger charge is -2.12. The lowest BCUT2D eigenvalue weighted by molar-refractivity contribution is -0.118. The Labute approximate surface area is 234 Å². The zero-order chi connectivity index (χ0) is 27.4. The van der Waals surface area contributed by atoms with Crippen LogP contribution >= 0.6 is 35.0 Å². The molecule has 0 aromatic heterocycles. The molecule has 1 fully saturated rings. The Kier molecular flexibility index (Phi) is 8.66. The first-order chi connectivity index (χ1) is 18.1. The van der Waals surface area contributed by atoms with E-state index in [1.54, 1.807) is 54.6 Å². The van der Waals surface area contributed by atoms with Crippen molar-refractivity contribution in [3.05, 3.63) is 86.2 Å². The number of hydrogen-bond acceptors (Lipinski definition) is 6. The van der Waals surface area contributed by atoms with Gasteiger partial charge in [-0.25, -0.2) is 4.99 Å². The number of nitrogens with zero attached hydrogens (tertiary/aromatic N) is 1. The molecule has 4 rings (SSSR count). The predicted octanol–water partition coefficient (Wildman–Crippen LogP) is 7.68. The molecule has 10 heteroatoms. The van der Waals surface area contributed by atoms with Crippen molar-refractivity contribution in [2.75, 3.05) is 11.9 Å². The van der Waals surface area contributed by atoms with Gasteiger partial charge in [-0.2, -0.15) is 0 Å². The second kappa shape index (κ2) is 11.9. The molecule has 0 spiro atoms. The molecule has 0 aliphatic carbocycles. The van der Waals surface area contributed by atoms with Gasteiger partial charge in [-0.3, -0.25) is 9.59 Å². The number of carbonyl (C=O) groups is 2. The van der Waals surface area contributed by atoms with Crippen LogP contribution in [-0.4, -0.2) is 28.7 Å². The molecular formula is C28H25Cl2N3O4S. The Bertz CT molecular complexity index is 1450. The third-order valence-corrected chi connectivity index (χ3v) is 6.91. The van der Waals surface area contributed by atoms with E-state index in [2.05, 4.69) is 15.6 Å². The maximum absolute atomic E-state index is 12.4. The number of nitrogens with one attached hydrogen (secondary N) is 2. The number of halogens is 2. The Hall–Kier alpha value is -3.46. The number of aliphatic imine (C=N–C) groups is 1. The summed E-state index contributed by atoms with van der Waals surface area (Å²) in [4.78, 5) is 30.0. The van der Waals surface area contributed by atoms with Gasteiger partial charge in [0, 0.05) is 21.3 Å². The number of phenols is 1. The van der Waals surface area contributed by atoms with E-state index in [1.165, 1.54) is 0 Å². The van der Waals surface area contributed by atoms with Crippen LogP contribution in [0, 0.1) is 6.92 Å². The van der Waals surface area contributed by atoms with Gasteiger partial charge in [0.05, 0.1) is 10.6 Å². The molecule has 1 heterocycles. The van der Waals surface area contributed by atoms with Gasteiger partial charge in [0.2, 0.25) is 0 Å². The highest BCUT2D eigenvalue weighted by atomic mass is 35.5. The number of amidine groups is 1. The van der Waals surface area contributed by atoms with Crippen LogP contribution in [0.4, 0.5) is 16.2 Å². The van der Waals surface area contributed by atoms with E-state index in [0.717, 1.165) is 22.9 Å². The fourth-order valence-corrected chi connectivity index (χ4v) is 4.73. The summed E-state index contributed by atoms with van der Waals surface area (Å²) in [6.45, 7) is 5.57. The molecular weight excluding hydrogens is 545 g/mol. The smallest absolute Gasteiger partial charge is 0.289 e. The summed E-state index contributed by atoms with van der Waals surface area (Å²) in [7, 11) is 0. The molecule has 3 aromatic rings. The van der Waals surface area contributed by atoms with Crippen LogP contribution in [0.3, 0.4) is 0 Å². The lowest BCUT2D eigenvalue weighted by atomic mass is 9.99. The maximum atomic E-state index is 12.4. The summed E-state index contributed by atoms with van der Waals surface area (Å²) in [5.41, 5.74) is 3.34. The summed E-state index contributed by atoms with van der Waals surface area (Å²) < 4.78 is 5.79. The normalized spacial score (nSPS) is 15.3. The van der Waals surface area contributed by atoms with Crippen LogP contribution < -0.4 is 15.4 Å². The SMILES string of the molecule is Cc1cc(O)c(C(C)C)cc1N=C1NC(=O)SC1=Cc1cc(Cl)ccc1OCC(=O)Nc1ccc(Cl)cc1. The second-order valence-corrected chi connectivity index (χ2v) is 10.7. The molecule has 196 valence electrons. The number of anilines is 1. The molecule has 3 aromatic carbocycles. The Morgan fingerprint density at radius 1 is 1.13 bits per heavy atom. The number of aromatic hydroxyl groups is 1. The molecule has 0 saturated carbocycles. The molecule has 0 atom stereocenters. The lowest BCUT2D eigenvalue weighted by Crippen LogP contribution is -2.20. The van der Waals surface area contributed by atoms with Crippen molar-refractivity contribution in [3.63, 3.8) is 0 Å². The first-order valence-electron chi connectivity index (χ1n) is 11.7. The van der Waals surface area contributed by atoms with Crippen LogP contribution in [-0.2, 0) is 4.79 Å². The maximum Gasteiger partial charge on any atom is 0.289 e. The van der Waals surface area contributed by atoms with E-state index in [0.29, 0.717) is 43.5 Å². The average molecular weight is 570 g/mol. The van der Waals surface area contributed by atoms with E-state index in [-0.39, 0.29) is 29.4 Å². The van der Waals surface area contributed by atoms with Crippen molar-refractivity contribution in [3.8, 4) is 11.5 Å². The van der Waals surface area contributed by atoms with Crippen molar-refractivity contribution in [1.82, 2.24) is 5.32 Å². The monoisotopic (exact) mass is 569 g/mol. The van der Waals surface area contributed by atoms with Gasteiger partial charge in [0.15, 0.2) is 6.61 Å². The van der Waals surface area contributed by atoms with E-state index >= 15 is 0 Å². The van der Waals surface area contributed by atoms with Crippen molar-refractivity contribution >= 4 is 69.4 Å². The second-order valence-electron chi connectivity index (χ2n) is 8.86. The van der Waals surface area contributed by atoms with Gasteiger partial charge >= 0.3 is 0 Å². The number of carbonyl (C=O) groups excluding carboxylic acids is 2. The number of hydrogen-bond donors (Lipinski definition) is 3. The third kappa shape index (κ3) is 6.89. The number of amides is 2. The molecule has 0 radical (unpaired) electrons. The van der Waals surface area contributed by atoms with Crippen LogP contribution in [0.5, 0.6) is 11.5 Å². The summed E-state index contributed by atoms with van der Waals surface area (Å²) >= 11 is 13.1. The minimum atomic E-state index is -0.348. The molecule has 2 amide bonds. The highest BCUT2D eigenvalue weighted by Crippen LogP contribution is 2.36.